The van der Waals surface area contributed by atoms with E-state index in [1.165, 1.54) is 0 Å². The molecule has 0 spiro atoms. The lowest BCUT2D eigenvalue weighted by atomic mass is 10.0. The number of rotatable bonds is 3. The van der Waals surface area contributed by atoms with E-state index in [0.717, 1.165) is 28.0 Å². The molecule has 1 heterocycles. The Morgan fingerprint density at radius 3 is 2.53 bits per heavy atom. The number of carbonyl (C=O) groups is 2. The summed E-state index contributed by atoms with van der Waals surface area (Å²) in [6.07, 6.45) is 0.588. The molecule has 32 heavy (non-hydrogen) atoms. The van der Waals surface area contributed by atoms with E-state index in [0.29, 0.717) is 25.2 Å². The van der Waals surface area contributed by atoms with Crippen LogP contribution in [-0.4, -0.2) is 29.9 Å². The zero-order chi connectivity index (χ0) is 22.5. The van der Waals surface area contributed by atoms with Gasteiger partial charge in [0.25, 0.3) is 0 Å². The minimum atomic E-state index is -0.289. The van der Waals surface area contributed by atoms with Crippen molar-refractivity contribution in [2.75, 3.05) is 23.3 Å². The number of hydrogen-bond acceptors (Lipinski definition) is 2. The molecule has 3 aromatic carbocycles. The Morgan fingerprint density at radius 2 is 1.75 bits per heavy atom. The van der Waals surface area contributed by atoms with E-state index in [1.54, 1.807) is 9.80 Å². The first kappa shape index (κ1) is 21.4. The maximum Gasteiger partial charge on any atom is 0.322 e. The highest BCUT2D eigenvalue weighted by atomic mass is 16.2. The summed E-state index contributed by atoms with van der Waals surface area (Å²) in [5, 5.41) is 2.93. The molecule has 3 amide bonds. The number of anilines is 2. The Labute approximate surface area is 189 Å². The molecule has 1 aliphatic heterocycles. The highest BCUT2D eigenvalue weighted by molar-refractivity contribution is 6.00. The molecular formula is C27H27N3O2. The Morgan fingerprint density at radius 1 is 1.00 bits per heavy atom. The van der Waals surface area contributed by atoms with Gasteiger partial charge in [-0.25, -0.2) is 4.79 Å². The third kappa shape index (κ3) is 4.89. The average Bonchev–Trinajstić information content (AvgIpc) is 2.84. The van der Waals surface area contributed by atoms with Gasteiger partial charge in [-0.2, -0.15) is 0 Å². The quantitative estimate of drug-likeness (QED) is 0.604. The Kier molecular flexibility index (Phi) is 6.36. The lowest BCUT2D eigenvalue weighted by Crippen LogP contribution is -2.44. The van der Waals surface area contributed by atoms with E-state index < -0.39 is 0 Å². The molecular weight excluding hydrogens is 398 g/mol. The Bertz CT molecular complexity index is 1140. The largest absolute Gasteiger partial charge is 0.322 e. The van der Waals surface area contributed by atoms with Gasteiger partial charge in [-0.05, 0) is 48.2 Å². The summed E-state index contributed by atoms with van der Waals surface area (Å²) in [7, 11) is 0. The Balaban J connectivity index is 1.63. The SMILES string of the molecule is C=C1CCN(C(=O)Nc2cccc(C)c2)CC(=O)N(Cc2ccccc2)c2ccccc21. The van der Waals surface area contributed by atoms with Crippen molar-refractivity contribution in [3.8, 4) is 0 Å². The molecule has 0 unspecified atom stereocenters. The first-order valence-electron chi connectivity index (χ1n) is 10.8. The van der Waals surface area contributed by atoms with Crippen molar-refractivity contribution >= 4 is 28.9 Å². The molecule has 0 aliphatic carbocycles. The van der Waals surface area contributed by atoms with Crippen molar-refractivity contribution < 1.29 is 9.59 Å². The maximum absolute atomic E-state index is 13.5. The number of carbonyl (C=O) groups excluding carboxylic acids is 2. The van der Waals surface area contributed by atoms with E-state index in [2.05, 4.69) is 11.9 Å². The van der Waals surface area contributed by atoms with Gasteiger partial charge in [0.1, 0.15) is 6.54 Å². The molecule has 5 nitrogen and oxygen atoms in total. The number of aryl methyl sites for hydroxylation is 1. The van der Waals surface area contributed by atoms with E-state index in [-0.39, 0.29) is 18.5 Å². The fraction of sp³-hybridized carbons (Fsp3) is 0.185. The van der Waals surface area contributed by atoms with E-state index in [4.69, 9.17) is 0 Å². The number of nitrogens with one attached hydrogen (secondary N) is 1. The summed E-state index contributed by atoms with van der Waals surface area (Å²) >= 11 is 0. The molecule has 0 saturated heterocycles. The van der Waals surface area contributed by atoms with Crippen LogP contribution in [0.3, 0.4) is 0 Å². The molecule has 3 aromatic rings. The van der Waals surface area contributed by atoms with Crippen LogP contribution in [0.15, 0.2) is 85.4 Å². The third-order valence-electron chi connectivity index (χ3n) is 5.63. The number of urea groups is 1. The standard InChI is InChI=1S/C27H27N3O2/c1-20-9-8-12-23(17-20)28-27(32)29-16-15-21(2)24-13-6-7-14-25(24)30(26(31)19-29)18-22-10-4-3-5-11-22/h3-14,17H,2,15-16,18-19H2,1H3,(H,28,32). The molecule has 0 radical (unpaired) electrons. The molecule has 0 saturated carbocycles. The van der Waals surface area contributed by atoms with Gasteiger partial charge in [0.05, 0.1) is 12.2 Å². The van der Waals surface area contributed by atoms with Crippen LogP contribution in [0.2, 0.25) is 0 Å². The molecule has 1 aliphatic rings. The highest BCUT2D eigenvalue weighted by Gasteiger charge is 2.27. The predicted molar refractivity (Wildman–Crippen MR) is 129 cm³/mol. The van der Waals surface area contributed by atoms with Crippen LogP contribution in [0.1, 0.15) is 23.1 Å². The van der Waals surface area contributed by atoms with Gasteiger partial charge >= 0.3 is 6.03 Å². The van der Waals surface area contributed by atoms with Crippen LogP contribution in [0.25, 0.3) is 5.57 Å². The van der Waals surface area contributed by atoms with Crippen LogP contribution in [-0.2, 0) is 11.3 Å². The van der Waals surface area contributed by atoms with E-state index in [1.807, 2.05) is 85.8 Å². The van der Waals surface area contributed by atoms with Crippen molar-refractivity contribution in [2.24, 2.45) is 0 Å². The fourth-order valence-corrected chi connectivity index (χ4v) is 3.91. The fourth-order valence-electron chi connectivity index (χ4n) is 3.91. The lowest BCUT2D eigenvalue weighted by molar-refractivity contribution is -0.119. The topological polar surface area (TPSA) is 52.7 Å². The second-order valence-electron chi connectivity index (χ2n) is 8.06. The summed E-state index contributed by atoms with van der Waals surface area (Å²) in [4.78, 5) is 29.9. The number of para-hydroxylation sites is 1. The minimum Gasteiger partial charge on any atom is -0.315 e. The van der Waals surface area contributed by atoms with Gasteiger partial charge < -0.3 is 15.1 Å². The second-order valence-corrected chi connectivity index (χ2v) is 8.06. The molecule has 5 heteroatoms. The summed E-state index contributed by atoms with van der Waals surface area (Å²) in [5.74, 6) is -0.129. The van der Waals surface area contributed by atoms with E-state index in [9.17, 15) is 9.59 Å². The number of fused-ring (bicyclic) bond motifs is 1. The van der Waals surface area contributed by atoms with Crippen LogP contribution in [0.5, 0.6) is 0 Å². The van der Waals surface area contributed by atoms with E-state index >= 15 is 0 Å². The van der Waals surface area contributed by atoms with Crippen molar-refractivity contribution in [1.82, 2.24) is 4.90 Å². The molecule has 4 rings (SSSR count). The number of hydrogen-bond donors (Lipinski definition) is 1. The zero-order valence-corrected chi connectivity index (χ0v) is 18.3. The molecule has 0 fully saturated rings. The van der Waals surface area contributed by atoms with Gasteiger partial charge in [0, 0.05) is 17.8 Å². The third-order valence-corrected chi connectivity index (χ3v) is 5.63. The molecule has 1 N–H and O–H groups in total. The smallest absolute Gasteiger partial charge is 0.315 e. The number of nitrogens with zero attached hydrogens (tertiary/aromatic N) is 2. The molecule has 0 atom stereocenters. The summed E-state index contributed by atoms with van der Waals surface area (Å²) in [6.45, 7) is 7.07. The minimum absolute atomic E-state index is 0.00784. The lowest BCUT2D eigenvalue weighted by Gasteiger charge is -2.27. The van der Waals surface area contributed by atoms with Crippen LogP contribution < -0.4 is 10.2 Å². The normalized spacial score (nSPS) is 14.3. The Hall–Kier alpha value is -3.86. The number of benzene rings is 3. The van der Waals surface area contributed by atoms with Gasteiger partial charge in [-0.3, -0.25) is 4.79 Å². The van der Waals surface area contributed by atoms with Crippen molar-refractivity contribution in [1.29, 1.82) is 0 Å². The van der Waals surface area contributed by atoms with Crippen molar-refractivity contribution in [3.63, 3.8) is 0 Å². The van der Waals surface area contributed by atoms with Crippen LogP contribution in [0.4, 0.5) is 16.2 Å². The summed E-state index contributed by atoms with van der Waals surface area (Å²) in [6, 6.07) is 25.0. The predicted octanol–water partition coefficient (Wildman–Crippen LogP) is 5.48. The first-order valence-corrected chi connectivity index (χ1v) is 10.8. The number of amides is 3. The van der Waals surface area contributed by atoms with Gasteiger partial charge in [-0.1, -0.05) is 67.2 Å². The van der Waals surface area contributed by atoms with Crippen LogP contribution >= 0.6 is 0 Å². The highest BCUT2D eigenvalue weighted by Crippen LogP contribution is 2.31. The monoisotopic (exact) mass is 425 g/mol. The van der Waals surface area contributed by atoms with Gasteiger partial charge in [0.15, 0.2) is 0 Å². The zero-order valence-electron chi connectivity index (χ0n) is 18.3. The van der Waals surface area contributed by atoms with Crippen LogP contribution in [0, 0.1) is 6.92 Å². The molecule has 0 aromatic heterocycles. The van der Waals surface area contributed by atoms with Gasteiger partial charge in [0.2, 0.25) is 5.91 Å². The van der Waals surface area contributed by atoms with Crippen molar-refractivity contribution in [3.05, 3.63) is 102 Å². The molecule has 0 bridgehead atoms. The maximum atomic E-state index is 13.5. The average molecular weight is 426 g/mol. The summed E-state index contributed by atoms with van der Waals surface area (Å²) < 4.78 is 0. The van der Waals surface area contributed by atoms with Gasteiger partial charge in [-0.15, -0.1) is 0 Å². The molecule has 162 valence electrons. The second kappa shape index (κ2) is 9.52. The van der Waals surface area contributed by atoms with Crippen molar-refractivity contribution in [2.45, 2.75) is 19.9 Å². The summed E-state index contributed by atoms with van der Waals surface area (Å²) in [5.41, 5.74) is 5.47. The first-order chi connectivity index (χ1) is 15.5.